The van der Waals surface area contributed by atoms with E-state index in [0.29, 0.717) is 12.3 Å². The first-order valence-corrected chi connectivity index (χ1v) is 8.03. The molecule has 3 aromatic rings. The lowest BCUT2D eigenvalue weighted by molar-refractivity contribution is -0.123. The molecule has 0 radical (unpaired) electrons. The van der Waals surface area contributed by atoms with E-state index in [9.17, 15) is 4.79 Å². The minimum Gasteiger partial charge on any atom is -0.484 e. The van der Waals surface area contributed by atoms with Crippen molar-refractivity contribution in [2.75, 3.05) is 6.61 Å². The van der Waals surface area contributed by atoms with E-state index >= 15 is 0 Å². The van der Waals surface area contributed by atoms with Crippen molar-refractivity contribution in [3.8, 4) is 17.0 Å². The third-order valence-electron chi connectivity index (χ3n) is 3.62. The van der Waals surface area contributed by atoms with Crippen molar-refractivity contribution in [1.82, 2.24) is 15.3 Å². The molecule has 0 atom stereocenters. The first kappa shape index (κ1) is 16.6. The second kappa shape index (κ2) is 8.06. The maximum absolute atomic E-state index is 12.0. The van der Waals surface area contributed by atoms with Crippen molar-refractivity contribution in [2.45, 2.75) is 13.5 Å². The van der Waals surface area contributed by atoms with E-state index in [4.69, 9.17) is 4.74 Å². The second-order valence-corrected chi connectivity index (χ2v) is 5.64. The van der Waals surface area contributed by atoms with E-state index in [2.05, 4.69) is 15.3 Å². The number of amides is 1. The molecule has 3 rings (SSSR count). The Kier molecular flexibility index (Phi) is 5.36. The molecule has 0 fully saturated rings. The van der Waals surface area contributed by atoms with E-state index in [-0.39, 0.29) is 12.5 Å². The molecule has 1 heterocycles. The SMILES string of the molecule is Cc1cccc(OCC(=O)NCc2cc(-c3ccccc3)ncn2)c1. The summed E-state index contributed by atoms with van der Waals surface area (Å²) in [7, 11) is 0. The summed E-state index contributed by atoms with van der Waals surface area (Å²) in [4.78, 5) is 20.4. The van der Waals surface area contributed by atoms with Gasteiger partial charge in [-0.15, -0.1) is 0 Å². The number of hydrogen-bond donors (Lipinski definition) is 1. The standard InChI is InChI=1S/C20H19N3O2/c1-15-6-5-9-18(10-15)25-13-20(24)21-12-17-11-19(23-14-22-17)16-7-3-2-4-8-16/h2-11,14H,12-13H2,1H3,(H,21,24). The molecule has 126 valence electrons. The summed E-state index contributed by atoms with van der Waals surface area (Å²) in [6, 6.07) is 19.3. The normalized spacial score (nSPS) is 10.3. The number of carbonyl (C=O) groups excluding carboxylic acids is 1. The molecule has 25 heavy (non-hydrogen) atoms. The lowest BCUT2D eigenvalue weighted by Crippen LogP contribution is -2.28. The van der Waals surface area contributed by atoms with Crippen LogP contribution >= 0.6 is 0 Å². The molecule has 0 spiro atoms. The molecule has 0 saturated heterocycles. The number of aryl methyl sites for hydroxylation is 1. The van der Waals surface area contributed by atoms with E-state index in [1.54, 1.807) is 0 Å². The third-order valence-corrected chi connectivity index (χ3v) is 3.62. The number of benzene rings is 2. The van der Waals surface area contributed by atoms with Gasteiger partial charge in [0.15, 0.2) is 6.61 Å². The van der Waals surface area contributed by atoms with Crippen molar-refractivity contribution in [3.63, 3.8) is 0 Å². The zero-order valence-corrected chi connectivity index (χ0v) is 14.0. The third kappa shape index (κ3) is 4.88. The fraction of sp³-hybridized carbons (Fsp3) is 0.150. The summed E-state index contributed by atoms with van der Waals surface area (Å²) in [5, 5.41) is 2.81. The molecule has 0 unspecified atom stereocenters. The Balaban J connectivity index is 1.54. The smallest absolute Gasteiger partial charge is 0.258 e. The molecule has 0 aliphatic carbocycles. The Labute approximate surface area is 146 Å². The molecule has 1 amide bonds. The summed E-state index contributed by atoms with van der Waals surface area (Å²) in [5.41, 5.74) is 3.68. The molecule has 5 nitrogen and oxygen atoms in total. The highest BCUT2D eigenvalue weighted by molar-refractivity contribution is 5.77. The van der Waals surface area contributed by atoms with E-state index < -0.39 is 0 Å². The predicted octanol–water partition coefficient (Wildman–Crippen LogP) is 3.15. The van der Waals surface area contributed by atoms with Gasteiger partial charge < -0.3 is 10.1 Å². The molecule has 1 N–H and O–H groups in total. The van der Waals surface area contributed by atoms with Gasteiger partial charge in [0, 0.05) is 5.56 Å². The van der Waals surface area contributed by atoms with Crippen molar-refractivity contribution in [2.24, 2.45) is 0 Å². The Morgan fingerprint density at radius 3 is 2.68 bits per heavy atom. The Bertz CT molecular complexity index is 850. The first-order chi connectivity index (χ1) is 12.2. The average Bonchev–Trinajstić information content (AvgIpc) is 2.66. The van der Waals surface area contributed by atoms with Gasteiger partial charge in [0.05, 0.1) is 17.9 Å². The zero-order chi connectivity index (χ0) is 17.5. The minimum atomic E-state index is -0.193. The van der Waals surface area contributed by atoms with Crippen LogP contribution in [0.25, 0.3) is 11.3 Å². The highest BCUT2D eigenvalue weighted by atomic mass is 16.5. The number of ether oxygens (including phenoxy) is 1. The van der Waals surface area contributed by atoms with Crippen LogP contribution in [-0.4, -0.2) is 22.5 Å². The minimum absolute atomic E-state index is 0.0277. The maximum Gasteiger partial charge on any atom is 0.258 e. The van der Waals surface area contributed by atoms with Gasteiger partial charge in [-0.1, -0.05) is 42.5 Å². The van der Waals surface area contributed by atoms with Crippen LogP contribution in [-0.2, 0) is 11.3 Å². The van der Waals surface area contributed by atoms with Crippen molar-refractivity contribution in [3.05, 3.63) is 78.2 Å². The van der Waals surface area contributed by atoms with Crippen LogP contribution < -0.4 is 10.1 Å². The highest BCUT2D eigenvalue weighted by Crippen LogP contribution is 2.16. The molecule has 0 aliphatic rings. The van der Waals surface area contributed by atoms with Crippen LogP contribution in [0.1, 0.15) is 11.3 Å². The quantitative estimate of drug-likeness (QED) is 0.753. The topological polar surface area (TPSA) is 64.1 Å². The number of aromatic nitrogens is 2. The molecule has 5 heteroatoms. The summed E-state index contributed by atoms with van der Waals surface area (Å²) in [6.07, 6.45) is 1.51. The predicted molar refractivity (Wildman–Crippen MR) is 96.0 cm³/mol. The Hall–Kier alpha value is -3.21. The molecular weight excluding hydrogens is 314 g/mol. The van der Waals surface area contributed by atoms with Crippen molar-refractivity contribution >= 4 is 5.91 Å². The lowest BCUT2D eigenvalue weighted by Gasteiger charge is -2.08. The fourth-order valence-corrected chi connectivity index (χ4v) is 2.36. The Morgan fingerprint density at radius 2 is 1.88 bits per heavy atom. The molecular formula is C20H19N3O2. The molecule has 0 bridgehead atoms. The van der Waals surface area contributed by atoms with Crippen LogP contribution in [0.2, 0.25) is 0 Å². The fourth-order valence-electron chi connectivity index (χ4n) is 2.36. The van der Waals surface area contributed by atoms with Gasteiger partial charge in [-0.25, -0.2) is 9.97 Å². The monoisotopic (exact) mass is 333 g/mol. The van der Waals surface area contributed by atoms with E-state index in [1.165, 1.54) is 6.33 Å². The number of rotatable bonds is 6. The van der Waals surface area contributed by atoms with E-state index in [1.807, 2.05) is 67.6 Å². The Morgan fingerprint density at radius 1 is 1.04 bits per heavy atom. The van der Waals surface area contributed by atoms with Gasteiger partial charge in [-0.3, -0.25) is 4.79 Å². The van der Waals surface area contributed by atoms with Crippen LogP contribution in [0.5, 0.6) is 5.75 Å². The largest absolute Gasteiger partial charge is 0.484 e. The van der Waals surface area contributed by atoms with Crippen LogP contribution in [0.15, 0.2) is 67.0 Å². The first-order valence-electron chi connectivity index (χ1n) is 8.03. The van der Waals surface area contributed by atoms with Gasteiger partial charge in [-0.05, 0) is 30.7 Å². The van der Waals surface area contributed by atoms with Gasteiger partial charge in [0.2, 0.25) is 0 Å². The van der Waals surface area contributed by atoms with Gasteiger partial charge in [-0.2, -0.15) is 0 Å². The van der Waals surface area contributed by atoms with E-state index in [0.717, 1.165) is 22.5 Å². The van der Waals surface area contributed by atoms with Crippen LogP contribution in [0.4, 0.5) is 0 Å². The summed E-state index contributed by atoms with van der Waals surface area (Å²) >= 11 is 0. The highest BCUT2D eigenvalue weighted by Gasteiger charge is 2.05. The summed E-state index contributed by atoms with van der Waals surface area (Å²) < 4.78 is 5.49. The number of nitrogens with zero attached hydrogens (tertiary/aromatic N) is 2. The summed E-state index contributed by atoms with van der Waals surface area (Å²) in [6.45, 7) is 2.28. The van der Waals surface area contributed by atoms with Crippen LogP contribution in [0.3, 0.4) is 0 Å². The lowest BCUT2D eigenvalue weighted by atomic mass is 10.1. The zero-order valence-electron chi connectivity index (χ0n) is 14.0. The summed E-state index contributed by atoms with van der Waals surface area (Å²) in [5.74, 6) is 0.491. The average molecular weight is 333 g/mol. The maximum atomic E-state index is 12.0. The van der Waals surface area contributed by atoms with Gasteiger partial charge in [0.1, 0.15) is 12.1 Å². The number of carbonyl (C=O) groups is 1. The van der Waals surface area contributed by atoms with Gasteiger partial charge in [0.25, 0.3) is 5.91 Å². The van der Waals surface area contributed by atoms with Crippen molar-refractivity contribution in [1.29, 1.82) is 0 Å². The molecule has 2 aromatic carbocycles. The molecule has 1 aromatic heterocycles. The second-order valence-electron chi connectivity index (χ2n) is 5.64. The molecule has 0 saturated carbocycles. The number of nitrogens with one attached hydrogen (secondary N) is 1. The van der Waals surface area contributed by atoms with Crippen LogP contribution in [0, 0.1) is 6.92 Å². The molecule has 0 aliphatic heterocycles. The number of hydrogen-bond acceptors (Lipinski definition) is 4. The van der Waals surface area contributed by atoms with Gasteiger partial charge >= 0.3 is 0 Å². The van der Waals surface area contributed by atoms with Crippen molar-refractivity contribution < 1.29 is 9.53 Å².